The van der Waals surface area contributed by atoms with Crippen LogP contribution in [0.25, 0.3) is 0 Å². The number of benzene rings is 1. The first-order valence-corrected chi connectivity index (χ1v) is 9.67. The fourth-order valence-corrected chi connectivity index (χ4v) is 4.08. The van der Waals surface area contributed by atoms with Crippen LogP contribution in [0, 0.1) is 5.92 Å². The summed E-state index contributed by atoms with van der Waals surface area (Å²) in [4.78, 5) is 16.2. The summed E-state index contributed by atoms with van der Waals surface area (Å²) in [7, 11) is 1.70. The van der Waals surface area contributed by atoms with Crippen LogP contribution in [0.2, 0.25) is 0 Å². The number of rotatable bonds is 5. The average molecular weight is 346 g/mol. The van der Waals surface area contributed by atoms with Crippen molar-refractivity contribution >= 4 is 11.6 Å². The number of anilines is 1. The van der Waals surface area contributed by atoms with Gasteiger partial charge in [0.25, 0.3) is 5.91 Å². The monoisotopic (exact) mass is 346 g/mol. The molecule has 1 aromatic carbocycles. The molecule has 5 nitrogen and oxygen atoms in total. The number of carbonyl (C=O) groups excluding carboxylic acids is 1. The summed E-state index contributed by atoms with van der Waals surface area (Å²) in [6.45, 7) is 6.85. The number of ether oxygens (including phenoxy) is 1. The molecule has 2 atom stereocenters. The number of hydrogen-bond acceptors (Lipinski definition) is 3. The van der Waals surface area contributed by atoms with Crippen molar-refractivity contribution in [1.82, 2.24) is 5.32 Å². The maximum Gasteiger partial charge on any atom is 0.275 e. The first-order chi connectivity index (χ1) is 12.2. The third kappa shape index (κ3) is 4.88. The van der Waals surface area contributed by atoms with Gasteiger partial charge in [0.15, 0.2) is 6.54 Å². The Labute approximate surface area is 151 Å². The van der Waals surface area contributed by atoms with Gasteiger partial charge in [-0.05, 0) is 30.9 Å². The third-order valence-electron chi connectivity index (χ3n) is 5.76. The molecule has 1 saturated carbocycles. The number of amides is 1. The van der Waals surface area contributed by atoms with Gasteiger partial charge in [-0.25, -0.2) is 0 Å². The van der Waals surface area contributed by atoms with Gasteiger partial charge in [0.05, 0.1) is 33.3 Å². The number of nitrogens with one attached hydrogen (secondary N) is 2. The molecule has 1 amide bonds. The molecule has 2 aliphatic rings. The first-order valence-electron chi connectivity index (χ1n) is 9.67. The predicted molar refractivity (Wildman–Crippen MR) is 100 cm³/mol. The summed E-state index contributed by atoms with van der Waals surface area (Å²) in [5.74, 6) is 1.74. The molecule has 1 aromatic rings. The molecule has 3 rings (SSSR count). The normalized spacial score (nSPS) is 24.8. The van der Waals surface area contributed by atoms with E-state index in [9.17, 15) is 4.79 Å². The average Bonchev–Trinajstić information content (AvgIpc) is 2.64. The number of hydrogen-bond donors (Lipinski definition) is 2. The second kappa shape index (κ2) is 8.56. The Morgan fingerprint density at radius 3 is 2.76 bits per heavy atom. The van der Waals surface area contributed by atoms with Crippen LogP contribution in [-0.4, -0.2) is 51.8 Å². The SMILES string of the molecule is COc1cccc(N2CC[NH+](CC(=O)N[C@H]3CCCC[C@@H]3C)CC2)c1. The molecule has 1 aliphatic carbocycles. The summed E-state index contributed by atoms with van der Waals surface area (Å²) in [5, 5.41) is 3.28. The number of carbonyl (C=O) groups is 1. The first kappa shape index (κ1) is 18.1. The van der Waals surface area contributed by atoms with Crippen molar-refractivity contribution in [3.05, 3.63) is 24.3 Å². The van der Waals surface area contributed by atoms with Gasteiger partial charge in [-0.15, -0.1) is 0 Å². The van der Waals surface area contributed by atoms with Gasteiger partial charge in [0.2, 0.25) is 0 Å². The van der Waals surface area contributed by atoms with Crippen molar-refractivity contribution in [2.45, 2.75) is 38.6 Å². The summed E-state index contributed by atoms with van der Waals surface area (Å²) >= 11 is 0. The van der Waals surface area contributed by atoms with Crippen molar-refractivity contribution in [2.75, 3.05) is 44.7 Å². The van der Waals surface area contributed by atoms with Gasteiger partial charge < -0.3 is 19.9 Å². The van der Waals surface area contributed by atoms with Crippen molar-refractivity contribution in [2.24, 2.45) is 5.92 Å². The van der Waals surface area contributed by atoms with Crippen LogP contribution in [0.15, 0.2) is 24.3 Å². The van der Waals surface area contributed by atoms with Gasteiger partial charge in [0.1, 0.15) is 5.75 Å². The molecule has 25 heavy (non-hydrogen) atoms. The van der Waals surface area contributed by atoms with Crippen LogP contribution >= 0.6 is 0 Å². The van der Waals surface area contributed by atoms with E-state index in [0.717, 1.165) is 38.3 Å². The summed E-state index contributed by atoms with van der Waals surface area (Å²) < 4.78 is 5.32. The Morgan fingerprint density at radius 1 is 1.28 bits per heavy atom. The van der Waals surface area contributed by atoms with Crippen molar-refractivity contribution < 1.29 is 14.4 Å². The highest BCUT2D eigenvalue weighted by Gasteiger charge is 2.26. The highest BCUT2D eigenvalue weighted by Crippen LogP contribution is 2.23. The van der Waals surface area contributed by atoms with Crippen LogP contribution in [0.1, 0.15) is 32.6 Å². The van der Waals surface area contributed by atoms with Crippen LogP contribution in [0.4, 0.5) is 5.69 Å². The van der Waals surface area contributed by atoms with E-state index < -0.39 is 0 Å². The molecule has 0 unspecified atom stereocenters. The Balaban J connectivity index is 1.45. The molecule has 0 spiro atoms. The van der Waals surface area contributed by atoms with E-state index in [4.69, 9.17) is 4.74 Å². The van der Waals surface area contributed by atoms with E-state index in [0.29, 0.717) is 18.5 Å². The topological polar surface area (TPSA) is 46.0 Å². The molecule has 0 radical (unpaired) electrons. The van der Waals surface area contributed by atoms with Gasteiger partial charge in [-0.3, -0.25) is 4.79 Å². The van der Waals surface area contributed by atoms with Gasteiger partial charge in [0, 0.05) is 17.8 Å². The van der Waals surface area contributed by atoms with Crippen LogP contribution < -0.4 is 19.9 Å². The predicted octanol–water partition coefficient (Wildman–Crippen LogP) is 1.10. The lowest BCUT2D eigenvalue weighted by atomic mass is 9.86. The van der Waals surface area contributed by atoms with E-state index in [-0.39, 0.29) is 5.91 Å². The molecular weight excluding hydrogens is 314 g/mol. The minimum Gasteiger partial charge on any atom is -0.497 e. The van der Waals surface area contributed by atoms with Crippen LogP contribution in [0.5, 0.6) is 5.75 Å². The van der Waals surface area contributed by atoms with E-state index in [1.807, 2.05) is 12.1 Å². The number of methoxy groups -OCH3 is 1. The second-order valence-electron chi connectivity index (χ2n) is 7.55. The molecule has 1 aliphatic heterocycles. The van der Waals surface area contributed by atoms with Gasteiger partial charge in [-0.1, -0.05) is 25.8 Å². The van der Waals surface area contributed by atoms with Gasteiger partial charge >= 0.3 is 0 Å². The Kier molecular flexibility index (Phi) is 6.19. The summed E-state index contributed by atoms with van der Waals surface area (Å²) in [6.07, 6.45) is 4.95. The Hall–Kier alpha value is -1.75. The van der Waals surface area contributed by atoms with E-state index >= 15 is 0 Å². The molecule has 2 N–H and O–H groups in total. The second-order valence-corrected chi connectivity index (χ2v) is 7.55. The zero-order valence-electron chi connectivity index (χ0n) is 15.6. The lowest BCUT2D eigenvalue weighted by Gasteiger charge is -2.34. The molecule has 1 heterocycles. The minimum absolute atomic E-state index is 0.226. The fraction of sp³-hybridized carbons (Fsp3) is 0.650. The largest absolute Gasteiger partial charge is 0.497 e. The third-order valence-corrected chi connectivity index (χ3v) is 5.76. The number of quaternary nitrogens is 1. The maximum absolute atomic E-state index is 12.4. The molecule has 1 saturated heterocycles. The molecule has 0 bridgehead atoms. The van der Waals surface area contributed by atoms with Crippen LogP contribution in [-0.2, 0) is 4.79 Å². The lowest BCUT2D eigenvalue weighted by molar-refractivity contribution is -0.892. The Bertz CT molecular complexity index is 570. The highest BCUT2D eigenvalue weighted by atomic mass is 16.5. The summed E-state index contributed by atoms with van der Waals surface area (Å²) in [6, 6.07) is 8.61. The zero-order valence-corrected chi connectivity index (χ0v) is 15.6. The standard InChI is InChI=1S/C20H31N3O2/c1-16-6-3-4-9-19(16)21-20(24)15-22-10-12-23(13-11-22)17-7-5-8-18(14-17)25-2/h5,7-8,14,16,19H,3-4,6,9-13,15H2,1-2H3,(H,21,24)/p+1/t16-,19-/m0/s1. The highest BCUT2D eigenvalue weighted by molar-refractivity contribution is 5.77. The maximum atomic E-state index is 12.4. The number of nitrogens with zero attached hydrogens (tertiary/aromatic N) is 1. The molecule has 5 heteroatoms. The van der Waals surface area contributed by atoms with E-state index in [1.54, 1.807) is 7.11 Å². The van der Waals surface area contributed by atoms with E-state index in [2.05, 4.69) is 29.3 Å². The van der Waals surface area contributed by atoms with Gasteiger partial charge in [-0.2, -0.15) is 0 Å². The smallest absolute Gasteiger partial charge is 0.275 e. The molecule has 2 fully saturated rings. The molecule has 0 aromatic heterocycles. The summed E-state index contributed by atoms with van der Waals surface area (Å²) in [5.41, 5.74) is 1.21. The van der Waals surface area contributed by atoms with Crippen LogP contribution in [0.3, 0.4) is 0 Å². The Morgan fingerprint density at radius 2 is 2.04 bits per heavy atom. The van der Waals surface area contributed by atoms with Crippen molar-refractivity contribution in [1.29, 1.82) is 0 Å². The molecule has 138 valence electrons. The van der Waals surface area contributed by atoms with Crippen molar-refractivity contribution in [3.8, 4) is 5.75 Å². The lowest BCUT2D eigenvalue weighted by Crippen LogP contribution is -3.16. The van der Waals surface area contributed by atoms with Crippen molar-refractivity contribution in [3.63, 3.8) is 0 Å². The fourth-order valence-electron chi connectivity index (χ4n) is 4.08. The minimum atomic E-state index is 0.226. The zero-order chi connectivity index (χ0) is 17.6. The van der Waals surface area contributed by atoms with E-state index in [1.165, 1.54) is 29.8 Å². The number of piperazine rings is 1. The molecular formula is C20H32N3O2+. The quantitative estimate of drug-likeness (QED) is 0.839.